The van der Waals surface area contributed by atoms with E-state index in [-0.39, 0.29) is 0 Å². The molecule has 2 heterocycles. The number of hydrogen-bond donors (Lipinski definition) is 0. The molecule has 0 spiro atoms. The Morgan fingerprint density at radius 1 is 1.36 bits per heavy atom. The minimum atomic E-state index is 0.671. The van der Waals surface area contributed by atoms with Crippen LogP contribution in [0.1, 0.15) is 23.3 Å². The van der Waals surface area contributed by atoms with Gasteiger partial charge >= 0.3 is 0 Å². The summed E-state index contributed by atoms with van der Waals surface area (Å²) in [5.74, 6) is 0. The van der Waals surface area contributed by atoms with Crippen molar-refractivity contribution in [1.82, 2.24) is 14.5 Å². The molecule has 0 saturated carbocycles. The standard InChI is InChI=1S/C10H15N3O/c14-8-10-7-11-9-13(10)6-5-12-3-1-2-4-12/h7-9H,1-6H2. The lowest BCUT2D eigenvalue weighted by Gasteiger charge is -2.14. The number of carbonyl (C=O) groups is 1. The molecule has 1 aromatic heterocycles. The first-order valence-electron chi connectivity index (χ1n) is 5.08. The number of aldehydes is 1. The first-order valence-corrected chi connectivity index (χ1v) is 5.08. The monoisotopic (exact) mass is 193 g/mol. The van der Waals surface area contributed by atoms with Crippen molar-refractivity contribution < 1.29 is 4.79 Å². The van der Waals surface area contributed by atoms with Crippen molar-refractivity contribution in [2.75, 3.05) is 19.6 Å². The molecular formula is C10H15N3O. The highest BCUT2D eigenvalue weighted by molar-refractivity contribution is 5.71. The molecule has 2 rings (SSSR count). The van der Waals surface area contributed by atoms with Crippen LogP contribution in [0.5, 0.6) is 0 Å². The zero-order valence-corrected chi connectivity index (χ0v) is 8.22. The third kappa shape index (κ3) is 2.01. The van der Waals surface area contributed by atoms with Crippen LogP contribution in [0.3, 0.4) is 0 Å². The van der Waals surface area contributed by atoms with Crippen LogP contribution in [0.25, 0.3) is 0 Å². The Bertz CT molecular complexity index is 302. The van der Waals surface area contributed by atoms with Crippen LogP contribution in [0.15, 0.2) is 12.5 Å². The Morgan fingerprint density at radius 3 is 2.86 bits per heavy atom. The summed E-state index contributed by atoms with van der Waals surface area (Å²) in [5, 5.41) is 0. The Labute approximate surface area is 83.5 Å². The highest BCUT2D eigenvalue weighted by atomic mass is 16.1. The molecule has 0 atom stereocenters. The van der Waals surface area contributed by atoms with Gasteiger partial charge in [-0.3, -0.25) is 4.79 Å². The van der Waals surface area contributed by atoms with E-state index in [9.17, 15) is 4.79 Å². The van der Waals surface area contributed by atoms with Crippen molar-refractivity contribution in [2.24, 2.45) is 0 Å². The minimum Gasteiger partial charge on any atom is -0.327 e. The van der Waals surface area contributed by atoms with Gasteiger partial charge in [0.15, 0.2) is 6.29 Å². The van der Waals surface area contributed by atoms with Gasteiger partial charge in [-0.1, -0.05) is 0 Å². The molecule has 1 aliphatic heterocycles. The van der Waals surface area contributed by atoms with Gasteiger partial charge in [0.1, 0.15) is 5.69 Å². The molecule has 14 heavy (non-hydrogen) atoms. The normalized spacial score (nSPS) is 17.4. The van der Waals surface area contributed by atoms with Crippen molar-refractivity contribution in [3.05, 3.63) is 18.2 Å². The van der Waals surface area contributed by atoms with Crippen LogP contribution in [-0.2, 0) is 6.54 Å². The summed E-state index contributed by atoms with van der Waals surface area (Å²) < 4.78 is 1.91. The summed E-state index contributed by atoms with van der Waals surface area (Å²) in [6.07, 6.45) is 6.81. The van der Waals surface area contributed by atoms with E-state index < -0.39 is 0 Å². The molecule has 0 radical (unpaired) electrons. The molecule has 4 heteroatoms. The van der Waals surface area contributed by atoms with Crippen molar-refractivity contribution in [2.45, 2.75) is 19.4 Å². The molecule has 76 valence electrons. The zero-order valence-electron chi connectivity index (χ0n) is 8.22. The molecule has 1 aliphatic rings. The second kappa shape index (κ2) is 4.37. The Kier molecular flexibility index (Phi) is 2.93. The second-order valence-electron chi connectivity index (χ2n) is 3.68. The highest BCUT2D eigenvalue weighted by Crippen LogP contribution is 2.07. The van der Waals surface area contributed by atoms with Crippen LogP contribution < -0.4 is 0 Å². The minimum absolute atomic E-state index is 0.671. The van der Waals surface area contributed by atoms with E-state index in [1.165, 1.54) is 25.9 Å². The summed E-state index contributed by atoms with van der Waals surface area (Å²) in [6, 6.07) is 0. The maximum atomic E-state index is 10.6. The van der Waals surface area contributed by atoms with Crippen molar-refractivity contribution in [3.8, 4) is 0 Å². The van der Waals surface area contributed by atoms with E-state index >= 15 is 0 Å². The number of nitrogens with zero attached hydrogens (tertiary/aromatic N) is 3. The topological polar surface area (TPSA) is 38.1 Å². The lowest BCUT2D eigenvalue weighted by Crippen LogP contribution is -2.24. The van der Waals surface area contributed by atoms with Crippen LogP contribution in [-0.4, -0.2) is 40.4 Å². The van der Waals surface area contributed by atoms with Crippen molar-refractivity contribution in [1.29, 1.82) is 0 Å². The first-order chi connectivity index (χ1) is 6.90. The maximum Gasteiger partial charge on any atom is 0.168 e. The predicted molar refractivity (Wildman–Crippen MR) is 53.3 cm³/mol. The number of rotatable bonds is 4. The summed E-state index contributed by atoms with van der Waals surface area (Å²) in [6.45, 7) is 4.29. The number of likely N-dealkylation sites (tertiary alicyclic amines) is 1. The first kappa shape index (κ1) is 9.40. The van der Waals surface area contributed by atoms with Gasteiger partial charge in [-0.25, -0.2) is 4.98 Å². The molecule has 0 amide bonds. The van der Waals surface area contributed by atoms with E-state index in [2.05, 4.69) is 9.88 Å². The smallest absolute Gasteiger partial charge is 0.168 e. The number of aromatic nitrogens is 2. The molecule has 4 nitrogen and oxygen atoms in total. The van der Waals surface area contributed by atoms with E-state index in [1.54, 1.807) is 12.5 Å². The Balaban J connectivity index is 1.87. The number of hydrogen-bond acceptors (Lipinski definition) is 3. The highest BCUT2D eigenvalue weighted by Gasteiger charge is 2.11. The van der Waals surface area contributed by atoms with E-state index in [1.807, 2.05) is 4.57 Å². The van der Waals surface area contributed by atoms with Gasteiger partial charge in [-0.15, -0.1) is 0 Å². The molecule has 1 fully saturated rings. The molecule has 1 aromatic rings. The Hall–Kier alpha value is -1.16. The van der Waals surface area contributed by atoms with E-state index in [4.69, 9.17) is 0 Å². The van der Waals surface area contributed by atoms with Crippen molar-refractivity contribution >= 4 is 6.29 Å². The van der Waals surface area contributed by atoms with Gasteiger partial charge < -0.3 is 9.47 Å². The Morgan fingerprint density at radius 2 is 2.14 bits per heavy atom. The number of imidazole rings is 1. The fourth-order valence-corrected chi connectivity index (χ4v) is 1.87. The lowest BCUT2D eigenvalue weighted by atomic mass is 10.4. The third-order valence-corrected chi connectivity index (χ3v) is 2.72. The summed E-state index contributed by atoms with van der Waals surface area (Å²) in [5.41, 5.74) is 0.671. The SMILES string of the molecule is O=Cc1cncn1CCN1CCCC1. The molecule has 0 aromatic carbocycles. The maximum absolute atomic E-state index is 10.6. The molecule has 1 saturated heterocycles. The second-order valence-corrected chi connectivity index (χ2v) is 3.68. The largest absolute Gasteiger partial charge is 0.327 e. The van der Waals surface area contributed by atoms with E-state index in [0.29, 0.717) is 5.69 Å². The average Bonchev–Trinajstić information content (AvgIpc) is 2.85. The zero-order chi connectivity index (χ0) is 9.80. The third-order valence-electron chi connectivity index (χ3n) is 2.72. The molecule has 0 unspecified atom stereocenters. The van der Waals surface area contributed by atoms with Crippen LogP contribution >= 0.6 is 0 Å². The van der Waals surface area contributed by atoms with Gasteiger partial charge in [0, 0.05) is 13.1 Å². The fourth-order valence-electron chi connectivity index (χ4n) is 1.87. The van der Waals surface area contributed by atoms with Gasteiger partial charge in [-0.2, -0.15) is 0 Å². The molecule has 0 N–H and O–H groups in total. The summed E-state index contributed by atoms with van der Waals surface area (Å²) in [4.78, 5) is 17.0. The van der Waals surface area contributed by atoms with Crippen LogP contribution in [0.2, 0.25) is 0 Å². The molecular weight excluding hydrogens is 178 g/mol. The molecule has 0 aliphatic carbocycles. The molecule has 0 bridgehead atoms. The average molecular weight is 193 g/mol. The quantitative estimate of drug-likeness (QED) is 0.664. The summed E-state index contributed by atoms with van der Waals surface area (Å²) >= 11 is 0. The van der Waals surface area contributed by atoms with Gasteiger partial charge in [-0.05, 0) is 25.9 Å². The van der Waals surface area contributed by atoms with Gasteiger partial charge in [0.25, 0.3) is 0 Å². The lowest BCUT2D eigenvalue weighted by molar-refractivity contribution is 0.111. The van der Waals surface area contributed by atoms with Crippen molar-refractivity contribution in [3.63, 3.8) is 0 Å². The van der Waals surface area contributed by atoms with E-state index in [0.717, 1.165) is 19.4 Å². The van der Waals surface area contributed by atoms with Crippen LogP contribution in [0.4, 0.5) is 0 Å². The predicted octanol–water partition coefficient (Wildman–Crippen LogP) is 0.791. The van der Waals surface area contributed by atoms with Gasteiger partial charge in [0.2, 0.25) is 0 Å². The van der Waals surface area contributed by atoms with Gasteiger partial charge in [0.05, 0.1) is 12.5 Å². The van der Waals surface area contributed by atoms with Crippen LogP contribution in [0, 0.1) is 0 Å². The fraction of sp³-hybridized carbons (Fsp3) is 0.600. The summed E-state index contributed by atoms with van der Waals surface area (Å²) in [7, 11) is 0. The number of carbonyl (C=O) groups excluding carboxylic acids is 1.